The lowest BCUT2D eigenvalue weighted by molar-refractivity contribution is -0.127. The number of carbonyl (C=O) groups is 2. The molecule has 0 N–H and O–H groups in total. The number of benzene rings is 2. The van der Waals surface area contributed by atoms with Crippen molar-refractivity contribution < 1.29 is 9.59 Å². The molecule has 1 fully saturated rings. The summed E-state index contributed by atoms with van der Waals surface area (Å²) in [6.45, 7) is 3.92. The maximum Gasteiger partial charge on any atom is 0.270 e. The van der Waals surface area contributed by atoms with Crippen LogP contribution in [0.25, 0.3) is 6.08 Å². The lowest BCUT2D eigenvalue weighted by atomic mass is 10.1. The highest BCUT2D eigenvalue weighted by atomic mass is 32.1. The molecule has 28 heavy (non-hydrogen) atoms. The molecule has 2 aromatic carbocycles. The molecule has 0 saturated carbocycles. The van der Waals surface area contributed by atoms with E-state index in [1.54, 1.807) is 24.3 Å². The fourth-order valence-electron chi connectivity index (χ4n) is 2.91. The molecule has 0 spiro atoms. The van der Waals surface area contributed by atoms with Crippen LogP contribution in [0.5, 0.6) is 0 Å². The molecule has 6 heteroatoms. The van der Waals surface area contributed by atoms with E-state index in [9.17, 15) is 9.59 Å². The number of carbonyl (C=O) groups excluding carboxylic acids is 2. The van der Waals surface area contributed by atoms with Gasteiger partial charge in [0, 0.05) is 26.3 Å². The second kappa shape index (κ2) is 8.19. The third kappa shape index (κ3) is 3.73. The molecular weight excluding hydrogens is 370 g/mol. The number of anilines is 2. The second-order valence-corrected chi connectivity index (χ2v) is 6.87. The van der Waals surface area contributed by atoms with Gasteiger partial charge in [-0.25, -0.2) is 0 Å². The van der Waals surface area contributed by atoms with E-state index in [1.807, 2.05) is 61.5 Å². The fraction of sp³-hybridized carbons (Fsp3) is 0.136. The molecule has 142 valence electrons. The minimum absolute atomic E-state index is 0.0666. The first-order valence-electron chi connectivity index (χ1n) is 8.79. The van der Waals surface area contributed by atoms with Crippen LogP contribution >= 0.6 is 12.2 Å². The zero-order valence-electron chi connectivity index (χ0n) is 15.8. The van der Waals surface area contributed by atoms with Crippen molar-refractivity contribution in [3.8, 4) is 0 Å². The van der Waals surface area contributed by atoms with Gasteiger partial charge < -0.3 is 4.90 Å². The van der Waals surface area contributed by atoms with E-state index in [0.29, 0.717) is 5.69 Å². The molecule has 0 aromatic heterocycles. The Kier molecular flexibility index (Phi) is 5.70. The van der Waals surface area contributed by atoms with Gasteiger partial charge in [-0.05, 0) is 48.1 Å². The summed E-state index contributed by atoms with van der Waals surface area (Å²) in [6.07, 6.45) is 3.20. The van der Waals surface area contributed by atoms with Gasteiger partial charge in [-0.3, -0.25) is 19.4 Å². The third-order valence-electron chi connectivity index (χ3n) is 4.38. The monoisotopic (exact) mass is 391 g/mol. The first-order chi connectivity index (χ1) is 13.4. The Bertz CT molecular complexity index is 950. The minimum Gasteiger partial charge on any atom is -0.378 e. The average Bonchev–Trinajstić information content (AvgIpc) is 2.70. The van der Waals surface area contributed by atoms with Crippen LogP contribution < -0.4 is 9.80 Å². The van der Waals surface area contributed by atoms with Crippen molar-refractivity contribution >= 4 is 46.6 Å². The van der Waals surface area contributed by atoms with Gasteiger partial charge in [0.05, 0.1) is 5.69 Å². The van der Waals surface area contributed by atoms with E-state index >= 15 is 0 Å². The maximum absolute atomic E-state index is 13.2. The average molecular weight is 391 g/mol. The Morgan fingerprint density at radius 3 is 2.21 bits per heavy atom. The van der Waals surface area contributed by atoms with Gasteiger partial charge in [0.1, 0.15) is 5.57 Å². The summed E-state index contributed by atoms with van der Waals surface area (Å²) in [5.74, 6) is -0.850. The fourth-order valence-corrected chi connectivity index (χ4v) is 3.25. The molecule has 1 saturated heterocycles. The molecule has 1 aliphatic rings. The summed E-state index contributed by atoms with van der Waals surface area (Å²) in [7, 11) is 3.90. The van der Waals surface area contributed by atoms with Crippen LogP contribution in [0, 0.1) is 0 Å². The van der Waals surface area contributed by atoms with Crippen molar-refractivity contribution in [1.82, 2.24) is 4.90 Å². The van der Waals surface area contributed by atoms with Crippen molar-refractivity contribution in [2.75, 3.05) is 30.4 Å². The number of amides is 2. The zero-order valence-corrected chi connectivity index (χ0v) is 16.6. The van der Waals surface area contributed by atoms with Crippen LogP contribution in [0.4, 0.5) is 11.4 Å². The Morgan fingerprint density at radius 1 is 1.00 bits per heavy atom. The van der Waals surface area contributed by atoms with Gasteiger partial charge in [0.2, 0.25) is 0 Å². The molecule has 0 radical (unpaired) electrons. The number of rotatable bonds is 5. The van der Waals surface area contributed by atoms with E-state index in [1.165, 1.54) is 9.80 Å². The number of hydrogen-bond acceptors (Lipinski definition) is 4. The highest BCUT2D eigenvalue weighted by molar-refractivity contribution is 7.80. The normalized spacial score (nSPS) is 15.9. The molecule has 2 aromatic rings. The molecule has 3 rings (SSSR count). The summed E-state index contributed by atoms with van der Waals surface area (Å²) in [6, 6.07) is 16.7. The lowest BCUT2D eigenvalue weighted by Crippen LogP contribution is -2.56. The SMILES string of the molecule is C=CCN1C(=O)/C(=C\c2ccc(N(C)C)cc2)C(=O)N(c2ccccc2)C1=S. The third-order valence-corrected chi connectivity index (χ3v) is 4.78. The molecular formula is C22H21N3O2S. The predicted octanol–water partition coefficient (Wildman–Crippen LogP) is 3.48. The lowest BCUT2D eigenvalue weighted by Gasteiger charge is -2.36. The topological polar surface area (TPSA) is 43.9 Å². The van der Waals surface area contributed by atoms with Gasteiger partial charge >= 0.3 is 0 Å². The smallest absolute Gasteiger partial charge is 0.270 e. The predicted molar refractivity (Wildman–Crippen MR) is 117 cm³/mol. The molecule has 5 nitrogen and oxygen atoms in total. The van der Waals surface area contributed by atoms with Gasteiger partial charge in [0.25, 0.3) is 11.8 Å². The maximum atomic E-state index is 13.2. The van der Waals surface area contributed by atoms with Crippen LogP contribution in [0.2, 0.25) is 0 Å². The largest absolute Gasteiger partial charge is 0.378 e. The van der Waals surface area contributed by atoms with Crippen molar-refractivity contribution in [2.24, 2.45) is 0 Å². The number of para-hydroxylation sites is 1. The molecule has 0 bridgehead atoms. The molecule has 0 unspecified atom stereocenters. The quantitative estimate of drug-likeness (QED) is 0.339. The van der Waals surface area contributed by atoms with E-state index in [-0.39, 0.29) is 17.2 Å². The summed E-state index contributed by atoms with van der Waals surface area (Å²) in [5, 5.41) is 0.154. The van der Waals surface area contributed by atoms with Crippen molar-refractivity contribution in [3.05, 3.63) is 78.4 Å². The van der Waals surface area contributed by atoms with Crippen LogP contribution in [0.1, 0.15) is 5.56 Å². The summed E-state index contributed by atoms with van der Waals surface area (Å²) in [4.78, 5) is 30.9. The summed E-state index contributed by atoms with van der Waals surface area (Å²) >= 11 is 5.44. The van der Waals surface area contributed by atoms with E-state index in [4.69, 9.17) is 12.2 Å². The van der Waals surface area contributed by atoms with Crippen molar-refractivity contribution in [2.45, 2.75) is 0 Å². The minimum atomic E-state index is -0.432. The molecule has 2 amide bonds. The molecule has 0 atom stereocenters. The number of nitrogens with zero attached hydrogens (tertiary/aromatic N) is 3. The number of thiocarbonyl (C=S) groups is 1. The van der Waals surface area contributed by atoms with Gasteiger partial charge in [-0.15, -0.1) is 6.58 Å². The standard InChI is InChI=1S/C22H21N3O2S/c1-4-14-24-20(26)19(15-16-10-12-17(13-11-16)23(2)3)21(27)25(22(24)28)18-8-6-5-7-9-18/h4-13,15H,1,14H2,2-3H3/b19-15+. The van der Waals surface area contributed by atoms with Gasteiger partial charge in [-0.2, -0.15) is 0 Å². The highest BCUT2D eigenvalue weighted by Crippen LogP contribution is 2.26. The van der Waals surface area contributed by atoms with E-state index < -0.39 is 11.8 Å². The number of hydrogen-bond donors (Lipinski definition) is 0. The molecule has 1 heterocycles. The highest BCUT2D eigenvalue weighted by Gasteiger charge is 2.39. The van der Waals surface area contributed by atoms with Crippen LogP contribution in [-0.2, 0) is 9.59 Å². The van der Waals surface area contributed by atoms with Crippen LogP contribution in [0.3, 0.4) is 0 Å². The molecule has 1 aliphatic heterocycles. The van der Waals surface area contributed by atoms with Crippen LogP contribution in [-0.4, -0.2) is 42.5 Å². The van der Waals surface area contributed by atoms with Crippen LogP contribution in [0.15, 0.2) is 72.8 Å². The van der Waals surface area contributed by atoms with E-state index in [0.717, 1.165) is 11.3 Å². The first kappa shape index (κ1) is 19.5. The Morgan fingerprint density at radius 2 is 1.64 bits per heavy atom. The Hall–Kier alpha value is -3.25. The van der Waals surface area contributed by atoms with Gasteiger partial charge in [-0.1, -0.05) is 36.4 Å². The van der Waals surface area contributed by atoms with Crippen molar-refractivity contribution in [1.29, 1.82) is 0 Å². The van der Waals surface area contributed by atoms with Crippen molar-refractivity contribution in [3.63, 3.8) is 0 Å². The van der Waals surface area contributed by atoms with E-state index in [2.05, 4.69) is 6.58 Å². The summed E-state index contributed by atoms with van der Waals surface area (Å²) in [5.41, 5.74) is 2.48. The first-order valence-corrected chi connectivity index (χ1v) is 9.20. The Balaban J connectivity index is 2.05. The zero-order chi connectivity index (χ0) is 20.3. The summed E-state index contributed by atoms with van der Waals surface area (Å²) < 4.78 is 0. The molecule has 0 aliphatic carbocycles. The second-order valence-electron chi connectivity index (χ2n) is 6.51. The Labute approximate surface area is 170 Å². The van der Waals surface area contributed by atoms with Gasteiger partial charge in [0.15, 0.2) is 5.11 Å².